The van der Waals surface area contributed by atoms with Crippen LogP contribution >= 0.6 is 0 Å². The third-order valence-corrected chi connectivity index (χ3v) is 3.26. The maximum absolute atomic E-state index is 12.8. The number of piperidine rings is 1. The Hall–Kier alpha value is -0.930. The molecule has 2 N–H and O–H groups in total. The minimum absolute atomic E-state index is 0.165. The van der Waals surface area contributed by atoms with E-state index in [0.717, 1.165) is 26.2 Å². The highest BCUT2D eigenvalue weighted by molar-refractivity contribution is 5.15. The normalized spacial score (nSPS) is 22.2. The van der Waals surface area contributed by atoms with E-state index >= 15 is 0 Å². The molecule has 1 fully saturated rings. The van der Waals surface area contributed by atoms with Crippen molar-refractivity contribution < 1.29 is 4.39 Å². The average Bonchev–Trinajstić information content (AvgIpc) is 2.32. The first kappa shape index (κ1) is 11.6. The average molecular weight is 222 g/mol. The lowest BCUT2D eigenvalue weighted by Crippen LogP contribution is -2.37. The summed E-state index contributed by atoms with van der Waals surface area (Å²) in [5.74, 6) is 0.469. The lowest BCUT2D eigenvalue weighted by molar-refractivity contribution is 0.171. The van der Waals surface area contributed by atoms with Crippen LogP contribution in [0.3, 0.4) is 0 Å². The fourth-order valence-electron chi connectivity index (χ4n) is 2.34. The van der Waals surface area contributed by atoms with Gasteiger partial charge in [0.05, 0.1) is 0 Å². The van der Waals surface area contributed by atoms with Crippen LogP contribution in [0.1, 0.15) is 18.4 Å². The number of hydrogen-bond donors (Lipinski definition) is 1. The highest BCUT2D eigenvalue weighted by Crippen LogP contribution is 2.17. The molecule has 1 aliphatic heterocycles. The van der Waals surface area contributed by atoms with Crippen molar-refractivity contribution in [2.75, 3.05) is 19.6 Å². The van der Waals surface area contributed by atoms with Crippen LogP contribution in [0, 0.1) is 11.7 Å². The molecule has 0 spiro atoms. The predicted octanol–water partition coefficient (Wildman–Crippen LogP) is 2.00. The number of rotatable bonds is 3. The Kier molecular flexibility index (Phi) is 3.91. The molecule has 1 heterocycles. The molecule has 0 amide bonds. The number of nitrogens with zero attached hydrogens (tertiary/aromatic N) is 1. The van der Waals surface area contributed by atoms with Crippen LogP contribution in [0.25, 0.3) is 0 Å². The maximum atomic E-state index is 12.8. The van der Waals surface area contributed by atoms with Crippen LogP contribution in [-0.2, 0) is 6.54 Å². The molecule has 0 aromatic heterocycles. The molecular weight excluding hydrogens is 203 g/mol. The Morgan fingerprint density at radius 3 is 2.75 bits per heavy atom. The van der Waals surface area contributed by atoms with Crippen molar-refractivity contribution in [1.82, 2.24) is 4.90 Å². The van der Waals surface area contributed by atoms with Crippen molar-refractivity contribution in [2.45, 2.75) is 19.4 Å². The molecule has 0 bridgehead atoms. The van der Waals surface area contributed by atoms with Crippen LogP contribution in [0.15, 0.2) is 24.3 Å². The zero-order valence-electron chi connectivity index (χ0n) is 9.53. The summed E-state index contributed by atoms with van der Waals surface area (Å²) in [6.07, 6.45) is 2.47. The van der Waals surface area contributed by atoms with Crippen LogP contribution in [0.5, 0.6) is 0 Å². The van der Waals surface area contributed by atoms with E-state index in [1.54, 1.807) is 0 Å². The smallest absolute Gasteiger partial charge is 0.123 e. The van der Waals surface area contributed by atoms with Gasteiger partial charge in [-0.1, -0.05) is 12.1 Å². The van der Waals surface area contributed by atoms with Gasteiger partial charge in [0.2, 0.25) is 0 Å². The van der Waals surface area contributed by atoms with E-state index in [2.05, 4.69) is 4.90 Å². The van der Waals surface area contributed by atoms with Gasteiger partial charge in [-0.2, -0.15) is 0 Å². The summed E-state index contributed by atoms with van der Waals surface area (Å²) in [5, 5.41) is 0. The molecule has 0 radical (unpaired) electrons. The third-order valence-electron chi connectivity index (χ3n) is 3.26. The summed E-state index contributed by atoms with van der Waals surface area (Å²) in [7, 11) is 0. The molecule has 0 saturated carbocycles. The number of likely N-dealkylation sites (tertiary alicyclic amines) is 1. The quantitative estimate of drug-likeness (QED) is 0.847. The van der Waals surface area contributed by atoms with E-state index in [4.69, 9.17) is 5.73 Å². The number of benzene rings is 1. The van der Waals surface area contributed by atoms with Gasteiger partial charge in [0.1, 0.15) is 5.82 Å². The van der Waals surface area contributed by atoms with E-state index in [-0.39, 0.29) is 5.82 Å². The lowest BCUT2D eigenvalue weighted by atomic mass is 9.98. The molecule has 1 saturated heterocycles. The number of hydrogen-bond acceptors (Lipinski definition) is 2. The Balaban J connectivity index is 1.91. The molecule has 16 heavy (non-hydrogen) atoms. The molecule has 1 aromatic rings. The summed E-state index contributed by atoms with van der Waals surface area (Å²) in [6, 6.07) is 6.78. The third kappa shape index (κ3) is 3.03. The first-order chi connectivity index (χ1) is 7.78. The highest BCUT2D eigenvalue weighted by Gasteiger charge is 2.18. The van der Waals surface area contributed by atoms with Gasteiger partial charge in [-0.05, 0) is 49.5 Å². The molecular formula is C13H19FN2. The van der Waals surface area contributed by atoms with Gasteiger partial charge in [0.25, 0.3) is 0 Å². The zero-order chi connectivity index (χ0) is 11.4. The van der Waals surface area contributed by atoms with E-state index in [0.29, 0.717) is 5.92 Å². The van der Waals surface area contributed by atoms with Crippen molar-refractivity contribution in [2.24, 2.45) is 11.7 Å². The molecule has 2 nitrogen and oxygen atoms in total. The molecule has 3 heteroatoms. The second-order valence-electron chi connectivity index (χ2n) is 4.61. The number of halogens is 1. The highest BCUT2D eigenvalue weighted by atomic mass is 19.1. The summed E-state index contributed by atoms with van der Waals surface area (Å²) < 4.78 is 12.8. The fraction of sp³-hybridized carbons (Fsp3) is 0.538. The van der Waals surface area contributed by atoms with E-state index in [1.807, 2.05) is 12.1 Å². The maximum Gasteiger partial charge on any atom is 0.123 e. The molecule has 0 unspecified atom stereocenters. The molecule has 1 aliphatic rings. The molecule has 88 valence electrons. The summed E-state index contributed by atoms with van der Waals surface area (Å²) >= 11 is 0. The van der Waals surface area contributed by atoms with Crippen molar-refractivity contribution in [3.63, 3.8) is 0 Å². The van der Waals surface area contributed by atoms with Gasteiger partial charge in [0, 0.05) is 13.1 Å². The second-order valence-corrected chi connectivity index (χ2v) is 4.61. The summed E-state index contributed by atoms with van der Waals surface area (Å²) in [6.45, 7) is 3.90. The van der Waals surface area contributed by atoms with E-state index < -0.39 is 0 Å². The number of nitrogens with two attached hydrogens (primary N) is 1. The SMILES string of the molecule is NC[C@@H]1CCCN(Cc2ccc(F)cc2)C1. The fourth-order valence-corrected chi connectivity index (χ4v) is 2.34. The second kappa shape index (κ2) is 5.41. The lowest BCUT2D eigenvalue weighted by Gasteiger charge is -2.32. The summed E-state index contributed by atoms with van der Waals surface area (Å²) in [4.78, 5) is 2.41. The summed E-state index contributed by atoms with van der Waals surface area (Å²) in [5.41, 5.74) is 6.88. The topological polar surface area (TPSA) is 29.3 Å². The van der Waals surface area contributed by atoms with Crippen molar-refractivity contribution >= 4 is 0 Å². The van der Waals surface area contributed by atoms with Crippen LogP contribution in [0.2, 0.25) is 0 Å². The van der Waals surface area contributed by atoms with Crippen LogP contribution < -0.4 is 5.73 Å². The van der Waals surface area contributed by atoms with Gasteiger partial charge in [0.15, 0.2) is 0 Å². The van der Waals surface area contributed by atoms with Crippen molar-refractivity contribution in [1.29, 1.82) is 0 Å². The van der Waals surface area contributed by atoms with Crippen LogP contribution in [-0.4, -0.2) is 24.5 Å². The Morgan fingerprint density at radius 2 is 2.06 bits per heavy atom. The van der Waals surface area contributed by atoms with Gasteiger partial charge in [-0.25, -0.2) is 4.39 Å². The molecule has 1 atom stereocenters. The van der Waals surface area contributed by atoms with Crippen LogP contribution in [0.4, 0.5) is 4.39 Å². The van der Waals surface area contributed by atoms with Crippen molar-refractivity contribution in [3.8, 4) is 0 Å². The van der Waals surface area contributed by atoms with Gasteiger partial charge in [-0.15, -0.1) is 0 Å². The largest absolute Gasteiger partial charge is 0.330 e. The molecule has 0 aliphatic carbocycles. The van der Waals surface area contributed by atoms with Crippen molar-refractivity contribution in [3.05, 3.63) is 35.6 Å². The van der Waals surface area contributed by atoms with Gasteiger partial charge < -0.3 is 5.73 Å². The minimum atomic E-state index is -0.165. The Labute approximate surface area is 96.2 Å². The van der Waals surface area contributed by atoms with Gasteiger partial charge >= 0.3 is 0 Å². The Morgan fingerprint density at radius 1 is 1.31 bits per heavy atom. The Bertz CT molecular complexity index is 323. The molecule has 1 aromatic carbocycles. The predicted molar refractivity (Wildman–Crippen MR) is 63.5 cm³/mol. The van der Waals surface area contributed by atoms with Gasteiger partial charge in [-0.3, -0.25) is 4.90 Å². The first-order valence-corrected chi connectivity index (χ1v) is 5.95. The van der Waals surface area contributed by atoms with E-state index in [1.165, 1.54) is 30.5 Å². The first-order valence-electron chi connectivity index (χ1n) is 5.95. The molecule has 2 rings (SSSR count). The minimum Gasteiger partial charge on any atom is -0.330 e. The van der Waals surface area contributed by atoms with E-state index in [9.17, 15) is 4.39 Å². The standard InChI is InChI=1S/C13H19FN2/c14-13-5-3-11(4-6-13)9-16-7-1-2-12(8-15)10-16/h3-6,12H,1-2,7-10,15H2/t12-/m0/s1. The zero-order valence-corrected chi connectivity index (χ0v) is 9.53. The monoisotopic (exact) mass is 222 g/mol.